The van der Waals surface area contributed by atoms with Crippen LogP contribution in [-0.4, -0.2) is 38.5 Å². The van der Waals surface area contributed by atoms with Crippen molar-refractivity contribution < 1.29 is 18.0 Å². The number of pyridine rings is 2. The second-order valence-corrected chi connectivity index (χ2v) is 7.38. The lowest BCUT2D eigenvalue weighted by atomic mass is 9.96. The molecule has 0 saturated carbocycles. The van der Waals surface area contributed by atoms with E-state index in [9.17, 15) is 18.0 Å². The van der Waals surface area contributed by atoms with Crippen molar-refractivity contribution in [2.45, 2.75) is 25.6 Å². The van der Waals surface area contributed by atoms with E-state index >= 15 is 0 Å². The molecule has 3 aromatic heterocycles. The van der Waals surface area contributed by atoms with Crippen LogP contribution >= 0.6 is 0 Å². The Morgan fingerprint density at radius 2 is 1.81 bits per heavy atom. The Morgan fingerprint density at radius 3 is 2.39 bits per heavy atom. The lowest BCUT2D eigenvalue weighted by molar-refractivity contribution is -0.137. The Labute approximate surface area is 177 Å². The summed E-state index contributed by atoms with van der Waals surface area (Å²) in [5.41, 5.74) is 0.127. The molecule has 0 atom stereocenters. The van der Waals surface area contributed by atoms with Crippen LogP contribution in [0.25, 0.3) is 5.82 Å². The predicted octanol–water partition coefficient (Wildman–Crippen LogP) is 3.21. The van der Waals surface area contributed by atoms with E-state index in [1.165, 1.54) is 6.07 Å². The van der Waals surface area contributed by atoms with E-state index in [2.05, 4.69) is 20.3 Å². The third-order valence-electron chi connectivity index (χ3n) is 5.31. The zero-order valence-corrected chi connectivity index (χ0v) is 16.6. The van der Waals surface area contributed by atoms with E-state index in [0.717, 1.165) is 23.6 Å². The molecular formula is C21H21F3N6O. The summed E-state index contributed by atoms with van der Waals surface area (Å²) in [7, 11) is 0. The van der Waals surface area contributed by atoms with Crippen LogP contribution in [0.1, 0.15) is 24.0 Å². The Morgan fingerprint density at radius 1 is 1.06 bits per heavy atom. The van der Waals surface area contributed by atoms with E-state index < -0.39 is 11.7 Å². The highest BCUT2D eigenvalue weighted by molar-refractivity contribution is 5.79. The first-order valence-electron chi connectivity index (χ1n) is 9.89. The molecule has 10 heteroatoms. The fourth-order valence-electron chi connectivity index (χ4n) is 3.51. The smallest absolute Gasteiger partial charge is 0.357 e. The minimum atomic E-state index is -4.40. The predicted molar refractivity (Wildman–Crippen MR) is 107 cm³/mol. The molecule has 1 fully saturated rings. The van der Waals surface area contributed by atoms with Crippen LogP contribution in [0.15, 0.2) is 55.4 Å². The average molecular weight is 430 g/mol. The summed E-state index contributed by atoms with van der Waals surface area (Å²) in [5, 5.41) is 2.94. The maximum atomic E-state index is 12.7. The summed E-state index contributed by atoms with van der Waals surface area (Å²) in [4.78, 5) is 26.7. The van der Waals surface area contributed by atoms with Crippen LogP contribution in [-0.2, 0) is 17.5 Å². The first-order valence-corrected chi connectivity index (χ1v) is 9.89. The van der Waals surface area contributed by atoms with Gasteiger partial charge in [-0.05, 0) is 36.6 Å². The summed E-state index contributed by atoms with van der Waals surface area (Å²) in [6.45, 7) is 1.52. The van der Waals surface area contributed by atoms with Crippen LogP contribution in [0.3, 0.4) is 0 Å². The fraction of sp³-hybridized carbons (Fsp3) is 0.333. The number of piperidine rings is 1. The maximum absolute atomic E-state index is 12.7. The second kappa shape index (κ2) is 8.75. The van der Waals surface area contributed by atoms with Crippen molar-refractivity contribution in [1.82, 2.24) is 24.8 Å². The van der Waals surface area contributed by atoms with Crippen molar-refractivity contribution in [3.05, 3.63) is 66.5 Å². The van der Waals surface area contributed by atoms with Gasteiger partial charge in [-0.2, -0.15) is 13.2 Å². The lowest BCUT2D eigenvalue weighted by Gasteiger charge is -2.32. The summed E-state index contributed by atoms with van der Waals surface area (Å²) < 4.78 is 39.8. The van der Waals surface area contributed by atoms with Crippen LogP contribution < -0.4 is 10.2 Å². The van der Waals surface area contributed by atoms with Gasteiger partial charge in [0.15, 0.2) is 0 Å². The molecule has 1 aliphatic heterocycles. The number of hydrogen-bond acceptors (Lipinski definition) is 5. The molecule has 0 radical (unpaired) electrons. The largest absolute Gasteiger partial charge is 0.417 e. The number of hydrogen-bond donors (Lipinski definition) is 1. The zero-order chi connectivity index (χ0) is 21.8. The average Bonchev–Trinajstić information content (AvgIpc) is 3.32. The van der Waals surface area contributed by atoms with Crippen molar-refractivity contribution in [1.29, 1.82) is 0 Å². The number of aromatic nitrogens is 4. The molecule has 0 unspecified atom stereocenters. The van der Waals surface area contributed by atoms with Gasteiger partial charge in [0.1, 0.15) is 18.0 Å². The molecule has 3 aromatic rings. The molecule has 4 heterocycles. The number of amides is 1. The molecule has 0 aromatic carbocycles. The second-order valence-electron chi connectivity index (χ2n) is 7.38. The van der Waals surface area contributed by atoms with Gasteiger partial charge in [-0.1, -0.05) is 6.07 Å². The van der Waals surface area contributed by atoms with Gasteiger partial charge in [0, 0.05) is 50.3 Å². The molecule has 1 N–H and O–H groups in total. The van der Waals surface area contributed by atoms with E-state index in [1.54, 1.807) is 29.5 Å². The van der Waals surface area contributed by atoms with Gasteiger partial charge in [0.2, 0.25) is 5.91 Å². The molecule has 1 aliphatic rings. The number of carbonyl (C=O) groups is 1. The zero-order valence-electron chi connectivity index (χ0n) is 16.6. The van der Waals surface area contributed by atoms with Crippen molar-refractivity contribution in [3.63, 3.8) is 0 Å². The molecule has 7 nitrogen and oxygen atoms in total. The number of nitrogens with zero attached hydrogens (tertiary/aromatic N) is 5. The van der Waals surface area contributed by atoms with Gasteiger partial charge in [0.25, 0.3) is 0 Å². The van der Waals surface area contributed by atoms with Gasteiger partial charge in [0.05, 0.1) is 5.56 Å². The number of anilines is 1. The van der Waals surface area contributed by atoms with Gasteiger partial charge < -0.3 is 10.2 Å². The van der Waals surface area contributed by atoms with Crippen LogP contribution in [0, 0.1) is 5.92 Å². The first kappa shape index (κ1) is 20.8. The molecule has 4 rings (SSSR count). The monoisotopic (exact) mass is 430 g/mol. The highest BCUT2D eigenvalue weighted by Crippen LogP contribution is 2.30. The fourth-order valence-corrected chi connectivity index (χ4v) is 3.51. The van der Waals surface area contributed by atoms with E-state index in [-0.39, 0.29) is 11.8 Å². The van der Waals surface area contributed by atoms with Gasteiger partial charge in [-0.25, -0.2) is 15.0 Å². The standard InChI is InChI=1S/C21H21F3N6O/c22-21(23,24)17-2-4-18(27-13-17)29-8-5-16(6-9-29)20(31)28-12-15-1-3-19(26-11-15)30-10-7-25-14-30/h1-4,7,10-11,13-14,16H,5-6,8-9,12H2,(H,28,31). The summed E-state index contributed by atoms with van der Waals surface area (Å²) in [6.07, 6.45) is 4.54. The molecule has 0 spiro atoms. The molecule has 162 valence electrons. The topological polar surface area (TPSA) is 75.9 Å². The molecular weight excluding hydrogens is 409 g/mol. The third-order valence-corrected chi connectivity index (χ3v) is 5.31. The number of halogens is 3. The van der Waals surface area contributed by atoms with E-state index in [4.69, 9.17) is 0 Å². The van der Waals surface area contributed by atoms with Crippen molar-refractivity contribution in [2.75, 3.05) is 18.0 Å². The Bertz CT molecular complexity index is 995. The highest BCUT2D eigenvalue weighted by atomic mass is 19.4. The quantitative estimate of drug-likeness (QED) is 0.673. The highest BCUT2D eigenvalue weighted by Gasteiger charge is 2.31. The number of carbonyl (C=O) groups excluding carboxylic acids is 1. The molecule has 1 saturated heterocycles. The third kappa shape index (κ3) is 5.01. The number of imidazole rings is 1. The van der Waals surface area contributed by atoms with Crippen LogP contribution in [0.5, 0.6) is 0 Å². The van der Waals surface area contributed by atoms with Crippen molar-refractivity contribution in [3.8, 4) is 5.82 Å². The molecule has 31 heavy (non-hydrogen) atoms. The number of rotatable bonds is 5. The van der Waals surface area contributed by atoms with E-state index in [0.29, 0.717) is 38.3 Å². The van der Waals surface area contributed by atoms with Gasteiger partial charge in [-0.3, -0.25) is 9.36 Å². The van der Waals surface area contributed by atoms with Gasteiger partial charge in [-0.15, -0.1) is 0 Å². The Balaban J connectivity index is 1.25. The molecule has 1 amide bonds. The maximum Gasteiger partial charge on any atom is 0.417 e. The molecule has 0 bridgehead atoms. The van der Waals surface area contributed by atoms with E-state index in [1.807, 2.05) is 17.0 Å². The first-order chi connectivity index (χ1) is 14.9. The van der Waals surface area contributed by atoms with Crippen LogP contribution in [0.2, 0.25) is 0 Å². The van der Waals surface area contributed by atoms with Crippen LogP contribution in [0.4, 0.5) is 19.0 Å². The number of alkyl halides is 3. The van der Waals surface area contributed by atoms with Crippen molar-refractivity contribution in [2.24, 2.45) is 5.92 Å². The number of nitrogens with one attached hydrogen (secondary N) is 1. The SMILES string of the molecule is O=C(NCc1ccc(-n2ccnc2)nc1)C1CCN(c2ccc(C(F)(F)F)cn2)CC1. The minimum Gasteiger partial charge on any atom is -0.357 e. The minimum absolute atomic E-state index is 0.0290. The Hall–Kier alpha value is -3.43. The summed E-state index contributed by atoms with van der Waals surface area (Å²) >= 11 is 0. The summed E-state index contributed by atoms with van der Waals surface area (Å²) in [5.74, 6) is 1.08. The summed E-state index contributed by atoms with van der Waals surface area (Å²) in [6, 6.07) is 6.18. The Kier molecular flexibility index (Phi) is 5.88. The van der Waals surface area contributed by atoms with Gasteiger partial charge >= 0.3 is 6.18 Å². The normalized spacial score (nSPS) is 15.1. The lowest BCUT2D eigenvalue weighted by Crippen LogP contribution is -2.40. The molecule has 0 aliphatic carbocycles. The van der Waals surface area contributed by atoms with Crippen molar-refractivity contribution >= 4 is 11.7 Å².